The summed E-state index contributed by atoms with van der Waals surface area (Å²) in [4.78, 5) is 2.45. The SMILES string of the molecule is c1ccc(-c2cc3ccccc3c3c2c2cccc(N(c4ccccc4)c4ccc5c6ccccc6c6ccccc6c5c4)c2n3-c2ccccc2)cc1. The topological polar surface area (TPSA) is 8.17 Å². The summed E-state index contributed by atoms with van der Waals surface area (Å²) in [7, 11) is 0. The zero-order chi connectivity index (χ0) is 35.6. The van der Waals surface area contributed by atoms with Crippen molar-refractivity contribution in [2.45, 2.75) is 0 Å². The zero-order valence-corrected chi connectivity index (χ0v) is 29.5. The van der Waals surface area contributed by atoms with Gasteiger partial charge < -0.3 is 9.47 Å². The second-order valence-electron chi connectivity index (χ2n) is 14.1. The van der Waals surface area contributed by atoms with Gasteiger partial charge in [-0.05, 0) is 97.4 Å². The maximum atomic E-state index is 2.51. The number of benzene rings is 10. The van der Waals surface area contributed by atoms with E-state index in [9.17, 15) is 0 Å². The van der Waals surface area contributed by atoms with Crippen LogP contribution in [0.1, 0.15) is 0 Å². The molecule has 10 aromatic carbocycles. The van der Waals surface area contributed by atoms with E-state index in [0.29, 0.717) is 0 Å². The molecule has 2 heteroatoms. The van der Waals surface area contributed by atoms with Crippen LogP contribution in [0, 0.1) is 0 Å². The number of hydrogen-bond donors (Lipinski definition) is 0. The summed E-state index contributed by atoms with van der Waals surface area (Å²) < 4.78 is 2.51. The van der Waals surface area contributed by atoms with E-state index < -0.39 is 0 Å². The van der Waals surface area contributed by atoms with Crippen molar-refractivity contribution in [1.82, 2.24) is 4.57 Å². The van der Waals surface area contributed by atoms with Crippen molar-refractivity contribution in [3.8, 4) is 16.8 Å². The fourth-order valence-corrected chi connectivity index (χ4v) is 8.81. The average molecular weight is 687 g/mol. The molecular formula is C52H34N2. The van der Waals surface area contributed by atoms with Gasteiger partial charge in [0, 0.05) is 33.2 Å². The lowest BCUT2D eigenvalue weighted by Gasteiger charge is -2.27. The van der Waals surface area contributed by atoms with E-state index in [-0.39, 0.29) is 0 Å². The molecule has 0 aliphatic heterocycles. The van der Waals surface area contributed by atoms with Gasteiger partial charge in [0.15, 0.2) is 0 Å². The van der Waals surface area contributed by atoms with Gasteiger partial charge in [-0.1, -0.05) is 158 Å². The van der Waals surface area contributed by atoms with Crippen LogP contribution in [0.15, 0.2) is 206 Å². The Balaban J connectivity index is 1.30. The van der Waals surface area contributed by atoms with Crippen LogP contribution in [0.4, 0.5) is 17.1 Å². The van der Waals surface area contributed by atoms with E-state index in [2.05, 4.69) is 216 Å². The molecule has 252 valence electrons. The highest BCUT2D eigenvalue weighted by Gasteiger charge is 2.25. The summed E-state index contributed by atoms with van der Waals surface area (Å²) >= 11 is 0. The van der Waals surface area contributed by atoms with Crippen LogP contribution in [0.25, 0.3) is 81.7 Å². The molecule has 0 aliphatic rings. The monoisotopic (exact) mass is 686 g/mol. The Morgan fingerprint density at radius 1 is 0.333 bits per heavy atom. The fourth-order valence-electron chi connectivity index (χ4n) is 8.81. The molecule has 11 aromatic rings. The molecule has 0 unspecified atom stereocenters. The Bertz CT molecular complexity index is 3160. The van der Waals surface area contributed by atoms with Gasteiger partial charge >= 0.3 is 0 Å². The van der Waals surface area contributed by atoms with Gasteiger partial charge in [0.25, 0.3) is 0 Å². The molecule has 1 heterocycles. The molecule has 0 radical (unpaired) electrons. The van der Waals surface area contributed by atoms with Crippen molar-refractivity contribution in [2.75, 3.05) is 4.90 Å². The molecule has 1 aromatic heterocycles. The van der Waals surface area contributed by atoms with Crippen LogP contribution in [0.2, 0.25) is 0 Å². The van der Waals surface area contributed by atoms with Gasteiger partial charge in [0.1, 0.15) is 0 Å². The van der Waals surface area contributed by atoms with E-state index in [1.165, 1.54) is 76.0 Å². The normalized spacial score (nSPS) is 11.7. The Labute approximate surface area is 313 Å². The highest BCUT2D eigenvalue weighted by Crippen LogP contribution is 2.48. The second kappa shape index (κ2) is 12.2. The van der Waals surface area contributed by atoms with Crippen LogP contribution < -0.4 is 4.90 Å². The van der Waals surface area contributed by atoms with Crippen molar-refractivity contribution < 1.29 is 0 Å². The number of rotatable bonds is 5. The van der Waals surface area contributed by atoms with Crippen LogP contribution in [0.3, 0.4) is 0 Å². The van der Waals surface area contributed by atoms with Crippen LogP contribution in [-0.2, 0) is 0 Å². The first kappa shape index (κ1) is 30.5. The van der Waals surface area contributed by atoms with E-state index in [4.69, 9.17) is 0 Å². The van der Waals surface area contributed by atoms with Gasteiger partial charge in [0.05, 0.1) is 16.7 Å². The van der Waals surface area contributed by atoms with E-state index >= 15 is 0 Å². The molecule has 0 N–H and O–H groups in total. The van der Waals surface area contributed by atoms with Gasteiger partial charge in [-0.2, -0.15) is 0 Å². The molecular weight excluding hydrogens is 653 g/mol. The lowest BCUT2D eigenvalue weighted by molar-refractivity contribution is 1.17. The van der Waals surface area contributed by atoms with Crippen LogP contribution in [0.5, 0.6) is 0 Å². The average Bonchev–Trinajstić information content (AvgIpc) is 3.61. The Kier molecular flexibility index (Phi) is 6.90. The van der Waals surface area contributed by atoms with Crippen LogP contribution >= 0.6 is 0 Å². The van der Waals surface area contributed by atoms with Gasteiger partial charge in [-0.15, -0.1) is 0 Å². The highest BCUT2D eigenvalue weighted by molar-refractivity contribution is 6.27. The third-order valence-electron chi connectivity index (χ3n) is 11.1. The number of para-hydroxylation sites is 3. The van der Waals surface area contributed by atoms with E-state index in [0.717, 1.165) is 22.7 Å². The minimum Gasteiger partial charge on any atom is -0.308 e. The molecule has 0 fully saturated rings. The zero-order valence-electron chi connectivity index (χ0n) is 29.5. The highest BCUT2D eigenvalue weighted by atomic mass is 15.2. The summed E-state index contributed by atoms with van der Waals surface area (Å²) in [6.07, 6.45) is 0. The lowest BCUT2D eigenvalue weighted by atomic mass is 9.94. The molecule has 11 rings (SSSR count). The second-order valence-corrected chi connectivity index (χ2v) is 14.1. The lowest BCUT2D eigenvalue weighted by Crippen LogP contribution is -2.11. The first-order valence-electron chi connectivity index (χ1n) is 18.6. The molecule has 0 saturated heterocycles. The number of anilines is 3. The summed E-state index contributed by atoms with van der Waals surface area (Å²) in [6.45, 7) is 0. The Hall–Kier alpha value is -7.16. The maximum Gasteiger partial charge on any atom is 0.0782 e. The molecule has 0 amide bonds. The first-order chi connectivity index (χ1) is 26.8. The van der Waals surface area contributed by atoms with Crippen molar-refractivity contribution in [3.05, 3.63) is 206 Å². The summed E-state index contributed by atoms with van der Waals surface area (Å²) in [5.74, 6) is 0. The van der Waals surface area contributed by atoms with Crippen molar-refractivity contribution in [1.29, 1.82) is 0 Å². The van der Waals surface area contributed by atoms with Gasteiger partial charge in [-0.3, -0.25) is 0 Å². The number of aromatic nitrogens is 1. The fraction of sp³-hybridized carbons (Fsp3) is 0. The van der Waals surface area contributed by atoms with Crippen molar-refractivity contribution in [2.24, 2.45) is 0 Å². The Morgan fingerprint density at radius 2 is 0.870 bits per heavy atom. The maximum absolute atomic E-state index is 2.51. The number of hydrogen-bond acceptors (Lipinski definition) is 1. The summed E-state index contributed by atoms with van der Waals surface area (Å²) in [5.41, 5.74) is 9.28. The van der Waals surface area contributed by atoms with Gasteiger partial charge in [0.2, 0.25) is 0 Å². The molecule has 54 heavy (non-hydrogen) atoms. The summed E-state index contributed by atoms with van der Waals surface area (Å²) in [6, 6.07) is 75.2. The minimum atomic E-state index is 1.10. The predicted molar refractivity (Wildman–Crippen MR) is 231 cm³/mol. The minimum absolute atomic E-state index is 1.10. The molecule has 0 bridgehead atoms. The van der Waals surface area contributed by atoms with Crippen LogP contribution in [-0.4, -0.2) is 4.57 Å². The van der Waals surface area contributed by atoms with Crippen molar-refractivity contribution >= 4 is 82.0 Å². The Morgan fingerprint density at radius 3 is 1.56 bits per heavy atom. The largest absolute Gasteiger partial charge is 0.308 e. The quantitative estimate of drug-likeness (QED) is 0.164. The predicted octanol–water partition coefficient (Wildman–Crippen LogP) is 14.5. The molecule has 0 spiro atoms. The molecule has 0 atom stereocenters. The molecule has 2 nitrogen and oxygen atoms in total. The number of nitrogens with zero attached hydrogens (tertiary/aromatic N) is 2. The molecule has 0 aliphatic carbocycles. The third kappa shape index (κ3) is 4.60. The first-order valence-corrected chi connectivity index (χ1v) is 18.6. The van der Waals surface area contributed by atoms with E-state index in [1.54, 1.807) is 0 Å². The van der Waals surface area contributed by atoms with Gasteiger partial charge in [-0.25, -0.2) is 0 Å². The number of fused-ring (bicyclic) bond motifs is 11. The third-order valence-corrected chi connectivity index (χ3v) is 11.1. The van der Waals surface area contributed by atoms with E-state index in [1.807, 2.05) is 0 Å². The smallest absolute Gasteiger partial charge is 0.0782 e. The standard InChI is InChI=1S/C52H34N2/c1-4-17-35(18-5-1)47-33-36-19-10-11-24-40(36)52-50(47)46-29-16-30-49(51(46)54(52)38-22-8-3-9-23-38)53(37-20-6-2-7-21-37)39-31-32-45-43-27-13-12-25-41(43)42-26-14-15-28-44(42)48(45)34-39/h1-34H. The van der Waals surface area contributed by atoms with Crippen molar-refractivity contribution in [3.63, 3.8) is 0 Å². The summed E-state index contributed by atoms with van der Waals surface area (Å²) in [5, 5.41) is 12.5. The molecule has 0 saturated carbocycles.